The first-order chi connectivity index (χ1) is 14.4. The molecule has 1 aromatic heterocycles. The second kappa shape index (κ2) is 9.47. The van der Waals surface area contributed by atoms with E-state index < -0.39 is 16.8 Å². The third-order valence-electron chi connectivity index (χ3n) is 3.94. The summed E-state index contributed by atoms with van der Waals surface area (Å²) in [5.74, 6) is -1.02. The van der Waals surface area contributed by atoms with E-state index in [9.17, 15) is 19.7 Å². The van der Waals surface area contributed by atoms with E-state index >= 15 is 0 Å². The number of carbonyl (C=O) groups is 2. The van der Waals surface area contributed by atoms with Crippen LogP contribution in [0.1, 0.15) is 12.5 Å². The van der Waals surface area contributed by atoms with Gasteiger partial charge in [0, 0.05) is 23.2 Å². The van der Waals surface area contributed by atoms with Gasteiger partial charge in [0.2, 0.25) is 0 Å². The van der Waals surface area contributed by atoms with E-state index in [0.29, 0.717) is 20.9 Å². The molecule has 0 aliphatic rings. The first-order valence-electron chi connectivity index (χ1n) is 8.83. The number of thiazole rings is 1. The monoisotopic (exact) mass is 445 g/mol. The van der Waals surface area contributed by atoms with Gasteiger partial charge in [-0.1, -0.05) is 35.1 Å². The van der Waals surface area contributed by atoms with E-state index in [1.54, 1.807) is 35.8 Å². The van der Waals surface area contributed by atoms with Crippen LogP contribution in [-0.4, -0.2) is 28.0 Å². The number of hydrogen-bond acceptors (Lipinski definition) is 6. The quantitative estimate of drug-likeness (QED) is 0.247. The number of esters is 1. The molecular weight excluding hydrogens is 430 g/mol. The van der Waals surface area contributed by atoms with Crippen LogP contribution in [0.2, 0.25) is 5.02 Å². The number of amides is 1. The molecule has 10 heteroatoms. The zero-order valence-corrected chi connectivity index (χ0v) is 17.4. The Morgan fingerprint density at radius 1 is 1.30 bits per heavy atom. The van der Waals surface area contributed by atoms with Crippen molar-refractivity contribution in [1.82, 2.24) is 4.57 Å². The molecule has 0 saturated heterocycles. The number of non-ortho nitro benzene ring substituents is 1. The maximum Gasteiger partial charge on any atom is 0.326 e. The van der Waals surface area contributed by atoms with Crippen LogP contribution in [0.3, 0.4) is 0 Å². The first-order valence-corrected chi connectivity index (χ1v) is 10.0. The lowest BCUT2D eigenvalue weighted by atomic mass is 10.2. The topological polar surface area (TPSA) is 104 Å². The summed E-state index contributed by atoms with van der Waals surface area (Å²) < 4.78 is 7.36. The number of nitro groups is 1. The molecule has 0 atom stereocenters. The van der Waals surface area contributed by atoms with Crippen LogP contribution in [-0.2, 0) is 20.9 Å². The maximum atomic E-state index is 12.4. The molecule has 154 valence electrons. The van der Waals surface area contributed by atoms with E-state index in [0.717, 1.165) is 4.70 Å². The molecule has 3 aromatic rings. The SMILES string of the molecule is CCOC(=O)Cn1c(=NC(=O)C=Cc2cccc([N+](=O)[O-])c2)sc2cc(Cl)ccc21. The minimum atomic E-state index is -0.572. The lowest BCUT2D eigenvalue weighted by Crippen LogP contribution is -2.22. The lowest BCUT2D eigenvalue weighted by molar-refractivity contribution is -0.384. The summed E-state index contributed by atoms with van der Waals surface area (Å²) >= 11 is 7.26. The number of aromatic nitrogens is 1. The Balaban J connectivity index is 1.95. The molecule has 3 rings (SSSR count). The Labute approximate surface area is 179 Å². The number of benzene rings is 2. The maximum absolute atomic E-state index is 12.4. The molecule has 0 bridgehead atoms. The van der Waals surface area contributed by atoms with Crippen molar-refractivity contribution < 1.29 is 19.2 Å². The predicted molar refractivity (Wildman–Crippen MR) is 114 cm³/mol. The van der Waals surface area contributed by atoms with Crippen molar-refractivity contribution in [2.24, 2.45) is 4.99 Å². The summed E-state index contributed by atoms with van der Waals surface area (Å²) in [6, 6.07) is 11.0. The lowest BCUT2D eigenvalue weighted by Gasteiger charge is -2.04. The highest BCUT2D eigenvalue weighted by Gasteiger charge is 2.12. The molecule has 0 unspecified atom stereocenters. The van der Waals surface area contributed by atoms with Crippen molar-refractivity contribution in [1.29, 1.82) is 0 Å². The highest BCUT2D eigenvalue weighted by molar-refractivity contribution is 7.16. The normalized spacial score (nSPS) is 11.9. The molecule has 0 radical (unpaired) electrons. The molecule has 0 fully saturated rings. The van der Waals surface area contributed by atoms with E-state index in [4.69, 9.17) is 16.3 Å². The summed E-state index contributed by atoms with van der Waals surface area (Å²) in [7, 11) is 0. The summed E-state index contributed by atoms with van der Waals surface area (Å²) in [5.41, 5.74) is 1.12. The Kier molecular flexibility index (Phi) is 6.76. The molecular formula is C20H16ClN3O5S. The molecule has 0 saturated carbocycles. The standard InChI is InChI=1S/C20H16ClN3O5S/c1-2-29-19(26)12-23-16-8-7-14(21)11-17(16)30-20(23)22-18(25)9-6-13-4-3-5-15(10-13)24(27)28/h3-11H,2,12H2,1H3. The van der Waals surface area contributed by atoms with Crippen LogP contribution >= 0.6 is 22.9 Å². The first kappa shape index (κ1) is 21.4. The Hall–Kier alpha value is -3.30. The zero-order valence-electron chi connectivity index (χ0n) is 15.8. The van der Waals surface area contributed by atoms with Crippen LogP contribution in [0.4, 0.5) is 5.69 Å². The highest BCUT2D eigenvalue weighted by Crippen LogP contribution is 2.22. The Morgan fingerprint density at radius 3 is 2.83 bits per heavy atom. The largest absolute Gasteiger partial charge is 0.465 e. The number of carbonyl (C=O) groups excluding carboxylic acids is 2. The second-order valence-electron chi connectivity index (χ2n) is 6.02. The van der Waals surface area contributed by atoms with E-state index in [1.165, 1.54) is 41.7 Å². The fourth-order valence-electron chi connectivity index (χ4n) is 2.66. The average molecular weight is 446 g/mol. The fourth-order valence-corrected chi connectivity index (χ4v) is 3.97. The van der Waals surface area contributed by atoms with Gasteiger partial charge in [-0.25, -0.2) is 0 Å². The highest BCUT2D eigenvalue weighted by atomic mass is 35.5. The van der Waals surface area contributed by atoms with Gasteiger partial charge in [-0.05, 0) is 36.8 Å². The van der Waals surface area contributed by atoms with Gasteiger partial charge in [-0.3, -0.25) is 19.7 Å². The number of nitro benzene ring substituents is 1. The molecule has 30 heavy (non-hydrogen) atoms. The van der Waals surface area contributed by atoms with Gasteiger partial charge in [-0.2, -0.15) is 4.99 Å². The van der Waals surface area contributed by atoms with E-state index in [2.05, 4.69) is 4.99 Å². The van der Waals surface area contributed by atoms with Crippen LogP contribution in [0.25, 0.3) is 16.3 Å². The van der Waals surface area contributed by atoms with Crippen LogP contribution in [0.15, 0.2) is 53.5 Å². The van der Waals surface area contributed by atoms with Crippen LogP contribution in [0.5, 0.6) is 0 Å². The zero-order chi connectivity index (χ0) is 21.7. The summed E-state index contributed by atoms with van der Waals surface area (Å²) in [6.45, 7) is 1.85. The molecule has 0 aliphatic heterocycles. The minimum absolute atomic E-state index is 0.0739. The van der Waals surface area contributed by atoms with Crippen molar-refractivity contribution in [2.45, 2.75) is 13.5 Å². The number of ether oxygens (including phenoxy) is 1. The van der Waals surface area contributed by atoms with E-state index in [-0.39, 0.29) is 18.8 Å². The van der Waals surface area contributed by atoms with Crippen molar-refractivity contribution in [3.8, 4) is 0 Å². The number of fused-ring (bicyclic) bond motifs is 1. The molecule has 1 amide bonds. The number of rotatable bonds is 6. The molecule has 2 aromatic carbocycles. The smallest absolute Gasteiger partial charge is 0.326 e. The summed E-state index contributed by atoms with van der Waals surface area (Å²) in [5, 5.41) is 11.4. The predicted octanol–water partition coefficient (Wildman–Crippen LogP) is 3.97. The van der Waals surface area contributed by atoms with Crippen molar-refractivity contribution in [3.05, 3.63) is 74.0 Å². The van der Waals surface area contributed by atoms with Gasteiger partial charge in [0.1, 0.15) is 6.54 Å². The number of nitrogens with zero attached hydrogens (tertiary/aromatic N) is 3. The van der Waals surface area contributed by atoms with E-state index in [1.807, 2.05) is 0 Å². The van der Waals surface area contributed by atoms with Gasteiger partial charge in [0.15, 0.2) is 4.80 Å². The van der Waals surface area contributed by atoms with Crippen molar-refractivity contribution in [3.63, 3.8) is 0 Å². The molecule has 0 spiro atoms. The van der Waals surface area contributed by atoms with Gasteiger partial charge in [0.05, 0.1) is 21.7 Å². The summed E-state index contributed by atoms with van der Waals surface area (Å²) in [4.78, 5) is 39.1. The molecule has 1 heterocycles. The van der Waals surface area contributed by atoms with Gasteiger partial charge in [-0.15, -0.1) is 0 Å². The van der Waals surface area contributed by atoms with Gasteiger partial charge >= 0.3 is 5.97 Å². The van der Waals surface area contributed by atoms with Crippen molar-refractivity contribution >= 4 is 56.8 Å². The summed E-state index contributed by atoms with van der Waals surface area (Å²) in [6.07, 6.45) is 2.66. The van der Waals surface area contributed by atoms with Crippen molar-refractivity contribution in [2.75, 3.05) is 6.61 Å². The minimum Gasteiger partial charge on any atom is -0.465 e. The molecule has 0 aliphatic carbocycles. The van der Waals surface area contributed by atoms with Gasteiger partial charge in [0.25, 0.3) is 11.6 Å². The average Bonchev–Trinajstić information content (AvgIpc) is 3.02. The third-order valence-corrected chi connectivity index (χ3v) is 5.22. The third kappa shape index (κ3) is 5.19. The Morgan fingerprint density at radius 2 is 2.10 bits per heavy atom. The molecule has 0 N–H and O–H groups in total. The number of halogens is 1. The molecule has 8 nitrogen and oxygen atoms in total. The fraction of sp³-hybridized carbons (Fsp3) is 0.150. The van der Waals surface area contributed by atoms with Gasteiger partial charge < -0.3 is 9.30 Å². The van der Waals surface area contributed by atoms with Crippen LogP contribution in [0, 0.1) is 10.1 Å². The Bertz CT molecular complexity index is 1230. The van der Waals surface area contributed by atoms with Crippen LogP contribution < -0.4 is 4.80 Å². The number of hydrogen-bond donors (Lipinski definition) is 0. The second-order valence-corrected chi connectivity index (χ2v) is 7.47.